The van der Waals surface area contributed by atoms with Gasteiger partial charge in [0, 0.05) is 11.1 Å². The fraction of sp³-hybridized carbons (Fsp3) is 0.0172. The summed E-state index contributed by atoms with van der Waals surface area (Å²) in [5.74, 6) is 0. The summed E-state index contributed by atoms with van der Waals surface area (Å²) in [6.45, 7) is 0. The molecule has 0 bridgehead atoms. The van der Waals surface area contributed by atoms with Crippen molar-refractivity contribution >= 4 is 10.8 Å². The van der Waals surface area contributed by atoms with Crippen molar-refractivity contribution in [2.24, 2.45) is 0 Å². The van der Waals surface area contributed by atoms with Crippen LogP contribution in [0.4, 0.5) is 0 Å². The predicted octanol–water partition coefficient (Wildman–Crippen LogP) is 14.9. The van der Waals surface area contributed by atoms with Gasteiger partial charge in [-0.25, -0.2) is 4.98 Å². The number of benzene rings is 9. The Morgan fingerprint density at radius 3 is 1.42 bits per heavy atom. The normalized spacial score (nSPS) is 14.5. The van der Waals surface area contributed by atoms with Gasteiger partial charge in [0.1, 0.15) is 0 Å². The maximum Gasteiger partial charge on any atom is 0.0725 e. The first-order chi connectivity index (χ1) is 29.2. The molecule has 1 unspecified atom stereocenters. The molecular weight excluding hydrogens is 711 g/mol. The lowest BCUT2D eigenvalue weighted by molar-refractivity contribution is 0.794. The van der Waals surface area contributed by atoms with Crippen molar-refractivity contribution < 1.29 is 0 Å². The fourth-order valence-electron chi connectivity index (χ4n) is 10.1. The average Bonchev–Trinajstić information content (AvgIpc) is 3.79. The molecular formula is C58H37N. The topological polar surface area (TPSA) is 12.9 Å². The minimum Gasteiger partial charge on any atom is -0.248 e. The lowest BCUT2D eigenvalue weighted by atomic mass is 9.70. The molecule has 9 aromatic carbocycles. The zero-order chi connectivity index (χ0) is 38.9. The van der Waals surface area contributed by atoms with Crippen LogP contribution in [-0.4, -0.2) is 4.98 Å². The maximum atomic E-state index is 5.44. The number of fused-ring (bicyclic) bond motifs is 12. The van der Waals surface area contributed by atoms with Crippen LogP contribution in [0.25, 0.3) is 88.9 Å². The molecule has 0 saturated carbocycles. The van der Waals surface area contributed by atoms with Gasteiger partial charge in [0.05, 0.1) is 16.8 Å². The number of hydrogen-bond donors (Lipinski definition) is 0. The summed E-state index contributed by atoms with van der Waals surface area (Å²) in [6, 6.07) is 82.3. The fourth-order valence-corrected chi connectivity index (χ4v) is 10.1. The molecule has 1 heterocycles. The molecule has 10 aromatic rings. The Labute approximate surface area is 344 Å². The van der Waals surface area contributed by atoms with Crippen LogP contribution in [0.2, 0.25) is 0 Å². The summed E-state index contributed by atoms with van der Waals surface area (Å²) in [4.78, 5) is 5.44. The molecule has 0 aliphatic heterocycles. The van der Waals surface area contributed by atoms with Gasteiger partial charge in [0.2, 0.25) is 0 Å². The van der Waals surface area contributed by atoms with Gasteiger partial charge in [-0.2, -0.15) is 0 Å². The zero-order valence-corrected chi connectivity index (χ0v) is 32.3. The van der Waals surface area contributed by atoms with Gasteiger partial charge >= 0.3 is 0 Å². The van der Waals surface area contributed by atoms with E-state index < -0.39 is 5.41 Å². The van der Waals surface area contributed by atoms with Gasteiger partial charge in [-0.15, -0.1) is 0 Å². The summed E-state index contributed by atoms with van der Waals surface area (Å²) in [6.07, 6.45) is 0. The average molecular weight is 748 g/mol. The minimum atomic E-state index is -0.420. The highest BCUT2D eigenvalue weighted by Crippen LogP contribution is 2.64. The van der Waals surface area contributed by atoms with Gasteiger partial charge in [-0.3, -0.25) is 0 Å². The first-order valence-corrected chi connectivity index (χ1v) is 20.4. The summed E-state index contributed by atoms with van der Waals surface area (Å²) < 4.78 is 0. The highest BCUT2D eigenvalue weighted by atomic mass is 14.7. The van der Waals surface area contributed by atoms with E-state index in [1.54, 1.807) is 0 Å². The molecule has 0 saturated heterocycles. The van der Waals surface area contributed by atoms with Crippen LogP contribution in [0.3, 0.4) is 0 Å². The van der Waals surface area contributed by atoms with E-state index in [1.807, 2.05) is 0 Å². The summed E-state index contributed by atoms with van der Waals surface area (Å²) in [5, 5.41) is 2.57. The quantitative estimate of drug-likeness (QED) is 0.171. The van der Waals surface area contributed by atoms with Gasteiger partial charge in [0.15, 0.2) is 0 Å². The van der Waals surface area contributed by atoms with Crippen molar-refractivity contribution in [2.75, 3.05) is 0 Å². The molecule has 2 aliphatic carbocycles. The minimum absolute atomic E-state index is 0.420. The molecule has 0 amide bonds. The third-order valence-corrected chi connectivity index (χ3v) is 12.6. The monoisotopic (exact) mass is 747 g/mol. The second-order valence-corrected chi connectivity index (χ2v) is 15.8. The molecule has 59 heavy (non-hydrogen) atoms. The first kappa shape index (κ1) is 33.5. The van der Waals surface area contributed by atoms with E-state index >= 15 is 0 Å². The molecule has 1 heteroatoms. The molecule has 1 spiro atoms. The Morgan fingerprint density at radius 1 is 0.271 bits per heavy atom. The van der Waals surface area contributed by atoms with Crippen molar-refractivity contribution in [3.63, 3.8) is 0 Å². The molecule has 1 nitrogen and oxygen atoms in total. The third kappa shape index (κ3) is 5.15. The standard InChI is InChI=1S/C58H37N/c1-4-16-38(17-5-1)43-32-44(39-18-6-2-7-19-39)34-45(33-43)46-36-55(41-21-8-3-9-22-41)59-56(37-46)42-29-30-53-50(35-42)48-24-12-14-26-51(48)58(53)52-27-15-13-25-49(52)57-47-23-11-10-20-40(47)28-31-54(57)58/h1-37H. The lowest BCUT2D eigenvalue weighted by Crippen LogP contribution is -2.25. The largest absolute Gasteiger partial charge is 0.248 e. The molecule has 0 radical (unpaired) electrons. The number of hydrogen-bond acceptors (Lipinski definition) is 1. The molecule has 0 fully saturated rings. The first-order valence-electron chi connectivity index (χ1n) is 20.4. The van der Waals surface area contributed by atoms with E-state index in [0.29, 0.717) is 0 Å². The van der Waals surface area contributed by atoms with Crippen molar-refractivity contribution in [1.29, 1.82) is 0 Å². The van der Waals surface area contributed by atoms with E-state index in [9.17, 15) is 0 Å². The summed E-state index contributed by atoms with van der Waals surface area (Å²) in [7, 11) is 0. The molecule has 12 rings (SSSR count). The molecule has 1 aromatic heterocycles. The SMILES string of the molecule is c1ccc(-c2cc(-c3ccccc3)cc(-c3cc(-c4ccccc4)nc(-c4ccc5c(c4)-c4ccccc4C54c5ccccc5-c5c4ccc4ccccc54)c3)c2)cc1. The molecule has 2 aliphatic rings. The van der Waals surface area contributed by atoms with E-state index in [2.05, 4.69) is 224 Å². The lowest BCUT2D eigenvalue weighted by Gasteiger charge is -2.30. The number of aromatic nitrogens is 1. The Kier molecular flexibility index (Phi) is 7.52. The van der Waals surface area contributed by atoms with E-state index in [-0.39, 0.29) is 0 Å². The second-order valence-electron chi connectivity index (χ2n) is 15.8. The Morgan fingerprint density at radius 2 is 0.746 bits per heavy atom. The van der Waals surface area contributed by atoms with Crippen LogP contribution in [0.5, 0.6) is 0 Å². The van der Waals surface area contributed by atoms with Crippen LogP contribution in [0, 0.1) is 0 Å². The van der Waals surface area contributed by atoms with Gasteiger partial charge in [-0.05, 0) is 125 Å². The number of nitrogens with zero attached hydrogens (tertiary/aromatic N) is 1. The zero-order valence-electron chi connectivity index (χ0n) is 32.3. The smallest absolute Gasteiger partial charge is 0.0725 e. The van der Waals surface area contributed by atoms with Crippen molar-refractivity contribution in [3.05, 3.63) is 247 Å². The van der Waals surface area contributed by atoms with Crippen molar-refractivity contribution in [3.8, 4) is 78.1 Å². The Bertz CT molecular complexity index is 3200. The van der Waals surface area contributed by atoms with Gasteiger partial charge < -0.3 is 0 Å². The Balaban J connectivity index is 1.08. The highest BCUT2D eigenvalue weighted by Gasteiger charge is 2.52. The van der Waals surface area contributed by atoms with Gasteiger partial charge in [-0.1, -0.05) is 188 Å². The summed E-state index contributed by atoms with van der Waals surface area (Å²) >= 11 is 0. The summed E-state index contributed by atoms with van der Waals surface area (Å²) in [5.41, 5.74) is 21.3. The van der Waals surface area contributed by atoms with Crippen LogP contribution in [0.15, 0.2) is 224 Å². The van der Waals surface area contributed by atoms with Crippen LogP contribution in [0.1, 0.15) is 22.3 Å². The molecule has 274 valence electrons. The van der Waals surface area contributed by atoms with Crippen LogP contribution < -0.4 is 0 Å². The number of rotatable bonds is 5. The molecule has 0 N–H and O–H groups in total. The highest BCUT2D eigenvalue weighted by molar-refractivity contribution is 6.06. The van der Waals surface area contributed by atoms with Crippen molar-refractivity contribution in [1.82, 2.24) is 4.98 Å². The van der Waals surface area contributed by atoms with E-state index in [0.717, 1.165) is 33.6 Å². The van der Waals surface area contributed by atoms with Crippen molar-refractivity contribution in [2.45, 2.75) is 5.41 Å². The van der Waals surface area contributed by atoms with E-state index in [1.165, 1.54) is 77.5 Å². The van der Waals surface area contributed by atoms with Crippen LogP contribution >= 0.6 is 0 Å². The predicted molar refractivity (Wildman–Crippen MR) is 245 cm³/mol. The van der Waals surface area contributed by atoms with Crippen LogP contribution in [-0.2, 0) is 5.41 Å². The maximum absolute atomic E-state index is 5.44. The van der Waals surface area contributed by atoms with E-state index in [4.69, 9.17) is 4.98 Å². The number of pyridine rings is 1. The Hall–Kier alpha value is -7.61. The molecule has 1 atom stereocenters. The van der Waals surface area contributed by atoms with Gasteiger partial charge in [0.25, 0.3) is 0 Å². The third-order valence-electron chi connectivity index (χ3n) is 12.6. The second kappa shape index (κ2) is 13.2.